The highest BCUT2D eigenvalue weighted by Gasteiger charge is 2.19. The molecule has 0 amide bonds. The fraction of sp³-hybridized carbons (Fsp3) is 0.125. The summed E-state index contributed by atoms with van der Waals surface area (Å²) in [6, 6.07) is 9.88. The number of sulfonamides is 1. The molecule has 2 aromatic carbocycles. The minimum atomic E-state index is -3.92. The van der Waals surface area contributed by atoms with E-state index >= 15 is 0 Å². The summed E-state index contributed by atoms with van der Waals surface area (Å²) in [6.45, 7) is 1.33. The zero-order chi connectivity index (χ0) is 17.9. The van der Waals surface area contributed by atoms with Gasteiger partial charge < -0.3 is 0 Å². The number of hydrogen-bond acceptors (Lipinski definition) is 4. The van der Waals surface area contributed by atoms with E-state index in [1.54, 1.807) is 0 Å². The summed E-state index contributed by atoms with van der Waals surface area (Å²) >= 11 is 11.7. The standard InChI is InChI=1S/C16H13Cl2NO4S/c1-10(20)8-15(21)11-2-5-13(6-3-11)19-24(22,23)16-9-12(17)4-7-14(16)18/h2-7,9,19H,8H2,1H3. The quantitative estimate of drug-likeness (QED) is 0.602. The molecule has 0 aromatic heterocycles. The van der Waals surface area contributed by atoms with Crippen molar-refractivity contribution in [1.29, 1.82) is 0 Å². The molecule has 0 fully saturated rings. The first-order chi connectivity index (χ1) is 11.2. The highest BCUT2D eigenvalue weighted by molar-refractivity contribution is 7.92. The number of nitrogens with one attached hydrogen (secondary N) is 1. The predicted octanol–water partition coefficient (Wildman–Crippen LogP) is 3.96. The van der Waals surface area contributed by atoms with E-state index in [-0.39, 0.29) is 38.6 Å². The van der Waals surface area contributed by atoms with Gasteiger partial charge in [-0.25, -0.2) is 8.42 Å². The van der Waals surface area contributed by atoms with Crippen LogP contribution in [0.15, 0.2) is 47.4 Å². The van der Waals surface area contributed by atoms with Gasteiger partial charge in [-0.2, -0.15) is 0 Å². The van der Waals surface area contributed by atoms with E-state index in [1.165, 1.54) is 49.4 Å². The topological polar surface area (TPSA) is 80.3 Å². The molecule has 2 aromatic rings. The summed E-state index contributed by atoms with van der Waals surface area (Å²) in [6.07, 6.45) is -0.191. The first-order valence-corrected chi connectivity index (χ1v) is 9.03. The third-order valence-corrected chi connectivity index (χ3v) is 5.15. The Hall–Kier alpha value is -1.89. The molecule has 0 radical (unpaired) electrons. The Morgan fingerprint density at radius 2 is 1.67 bits per heavy atom. The molecule has 0 atom stereocenters. The molecule has 0 aliphatic rings. The third kappa shape index (κ3) is 4.56. The summed E-state index contributed by atoms with van der Waals surface area (Å²) < 4.78 is 27.1. The second kappa shape index (κ2) is 7.34. The van der Waals surface area contributed by atoms with Crippen molar-refractivity contribution in [3.05, 3.63) is 58.1 Å². The fourth-order valence-electron chi connectivity index (χ4n) is 1.95. The van der Waals surface area contributed by atoms with Gasteiger partial charge in [-0.15, -0.1) is 0 Å². The highest BCUT2D eigenvalue weighted by Crippen LogP contribution is 2.27. The van der Waals surface area contributed by atoms with E-state index in [4.69, 9.17) is 23.2 Å². The zero-order valence-electron chi connectivity index (χ0n) is 12.5. The number of rotatable bonds is 6. The summed E-state index contributed by atoms with van der Waals surface area (Å²) in [7, 11) is -3.92. The highest BCUT2D eigenvalue weighted by atomic mass is 35.5. The SMILES string of the molecule is CC(=O)CC(=O)c1ccc(NS(=O)(=O)c2cc(Cl)ccc2Cl)cc1. The molecule has 0 spiro atoms. The number of anilines is 1. The van der Waals surface area contributed by atoms with Crippen molar-refractivity contribution in [2.75, 3.05) is 4.72 Å². The third-order valence-electron chi connectivity index (χ3n) is 3.05. The van der Waals surface area contributed by atoms with Crippen molar-refractivity contribution < 1.29 is 18.0 Å². The molecule has 8 heteroatoms. The van der Waals surface area contributed by atoms with Crippen molar-refractivity contribution in [3.8, 4) is 0 Å². The molecule has 126 valence electrons. The van der Waals surface area contributed by atoms with Gasteiger partial charge in [-0.05, 0) is 49.4 Å². The Kier molecular flexibility index (Phi) is 5.64. The van der Waals surface area contributed by atoms with Crippen LogP contribution in [0.1, 0.15) is 23.7 Å². The molecule has 1 N–H and O–H groups in total. The summed E-state index contributed by atoms with van der Waals surface area (Å²) in [5, 5.41) is 0.283. The fourth-order valence-corrected chi connectivity index (χ4v) is 3.77. The van der Waals surface area contributed by atoms with Crippen molar-refractivity contribution in [2.24, 2.45) is 0 Å². The maximum absolute atomic E-state index is 12.4. The Morgan fingerprint density at radius 3 is 2.25 bits per heavy atom. The largest absolute Gasteiger partial charge is 0.300 e. The van der Waals surface area contributed by atoms with Crippen LogP contribution in [-0.2, 0) is 14.8 Å². The molecular formula is C16H13Cl2NO4S. The molecule has 0 bridgehead atoms. The predicted molar refractivity (Wildman–Crippen MR) is 93.3 cm³/mol. The van der Waals surface area contributed by atoms with Crippen molar-refractivity contribution in [2.45, 2.75) is 18.2 Å². The molecule has 0 aliphatic carbocycles. The lowest BCUT2D eigenvalue weighted by molar-refractivity contribution is -0.116. The van der Waals surface area contributed by atoms with E-state index in [2.05, 4.69) is 4.72 Å². The number of benzene rings is 2. The molecule has 24 heavy (non-hydrogen) atoms. The second-order valence-corrected chi connectivity index (χ2v) is 7.55. The van der Waals surface area contributed by atoms with Gasteiger partial charge in [-0.3, -0.25) is 14.3 Å². The number of Topliss-reactive ketones (excluding diaryl/α,β-unsaturated/α-hetero) is 2. The molecule has 2 rings (SSSR count). The van der Waals surface area contributed by atoms with E-state index in [0.717, 1.165) is 0 Å². The van der Waals surface area contributed by atoms with Gasteiger partial charge >= 0.3 is 0 Å². The molecule has 0 saturated carbocycles. The Bertz CT molecular complexity index is 893. The minimum Gasteiger partial charge on any atom is -0.300 e. The second-order valence-electron chi connectivity index (χ2n) is 5.06. The van der Waals surface area contributed by atoms with Gasteiger partial charge in [0, 0.05) is 16.3 Å². The van der Waals surface area contributed by atoms with Crippen LogP contribution in [0.3, 0.4) is 0 Å². The van der Waals surface area contributed by atoms with Gasteiger partial charge in [0.1, 0.15) is 10.7 Å². The monoisotopic (exact) mass is 385 g/mol. The first kappa shape index (κ1) is 18.4. The summed E-state index contributed by atoms with van der Waals surface area (Å²) in [4.78, 5) is 22.6. The van der Waals surface area contributed by atoms with Crippen LogP contribution in [0.4, 0.5) is 5.69 Å². The van der Waals surface area contributed by atoms with Crippen LogP contribution in [0.5, 0.6) is 0 Å². The van der Waals surface area contributed by atoms with E-state index in [1.807, 2.05) is 0 Å². The lowest BCUT2D eigenvalue weighted by Crippen LogP contribution is -2.13. The maximum atomic E-state index is 12.4. The van der Waals surface area contributed by atoms with Gasteiger partial charge in [-0.1, -0.05) is 23.2 Å². The normalized spacial score (nSPS) is 11.1. The maximum Gasteiger partial charge on any atom is 0.263 e. The number of halogens is 2. The Morgan fingerprint density at radius 1 is 1.04 bits per heavy atom. The number of carbonyl (C=O) groups excluding carboxylic acids is 2. The van der Waals surface area contributed by atoms with Crippen molar-refractivity contribution in [3.63, 3.8) is 0 Å². The van der Waals surface area contributed by atoms with Crippen LogP contribution >= 0.6 is 23.2 Å². The van der Waals surface area contributed by atoms with Gasteiger partial charge in [0.05, 0.1) is 11.4 Å². The Labute approximate surface area is 149 Å². The number of ketones is 2. The first-order valence-electron chi connectivity index (χ1n) is 6.79. The average Bonchev–Trinajstić information content (AvgIpc) is 2.49. The molecule has 5 nitrogen and oxygen atoms in total. The Balaban J connectivity index is 2.23. The smallest absolute Gasteiger partial charge is 0.263 e. The van der Waals surface area contributed by atoms with Gasteiger partial charge in [0.2, 0.25) is 0 Å². The van der Waals surface area contributed by atoms with Gasteiger partial charge in [0.25, 0.3) is 10.0 Å². The number of carbonyl (C=O) groups is 2. The van der Waals surface area contributed by atoms with E-state index < -0.39 is 10.0 Å². The van der Waals surface area contributed by atoms with Crippen LogP contribution in [0.2, 0.25) is 10.0 Å². The minimum absolute atomic E-state index is 0.0418. The van der Waals surface area contributed by atoms with Crippen LogP contribution in [-0.4, -0.2) is 20.0 Å². The van der Waals surface area contributed by atoms with E-state index in [0.29, 0.717) is 5.56 Å². The summed E-state index contributed by atoms with van der Waals surface area (Å²) in [5.74, 6) is -0.560. The van der Waals surface area contributed by atoms with Crippen LogP contribution in [0, 0.1) is 0 Å². The number of hydrogen-bond donors (Lipinski definition) is 1. The van der Waals surface area contributed by atoms with Crippen LogP contribution < -0.4 is 4.72 Å². The van der Waals surface area contributed by atoms with Crippen molar-refractivity contribution in [1.82, 2.24) is 0 Å². The zero-order valence-corrected chi connectivity index (χ0v) is 14.9. The molecule has 0 heterocycles. The molecule has 0 unspecified atom stereocenters. The van der Waals surface area contributed by atoms with E-state index in [9.17, 15) is 18.0 Å². The molecule has 0 saturated heterocycles. The van der Waals surface area contributed by atoms with Crippen LogP contribution in [0.25, 0.3) is 0 Å². The molecular weight excluding hydrogens is 373 g/mol. The molecule has 0 aliphatic heterocycles. The van der Waals surface area contributed by atoms with Crippen molar-refractivity contribution >= 4 is 50.5 Å². The lowest BCUT2D eigenvalue weighted by Gasteiger charge is -2.10. The van der Waals surface area contributed by atoms with Gasteiger partial charge in [0.15, 0.2) is 5.78 Å². The average molecular weight is 386 g/mol. The summed E-state index contributed by atoms with van der Waals surface area (Å²) in [5.41, 5.74) is 0.583. The lowest BCUT2D eigenvalue weighted by atomic mass is 10.1.